The predicted molar refractivity (Wildman–Crippen MR) is 101 cm³/mol. The topological polar surface area (TPSA) is 0 Å². The average Bonchev–Trinajstić information content (AvgIpc) is 2.87. The Balaban J connectivity index is 1.19. The van der Waals surface area contributed by atoms with Crippen LogP contribution in [0.5, 0.6) is 0 Å². The maximum atomic E-state index is 3.10. The molecule has 0 aliphatic heterocycles. The monoisotopic (exact) mass is 386 g/mol. The molecule has 0 heterocycles. The van der Waals surface area contributed by atoms with Crippen LogP contribution in [0.4, 0.5) is 0 Å². The lowest BCUT2D eigenvalue weighted by Gasteiger charge is -3.47. The highest BCUT2D eigenvalue weighted by Gasteiger charge is 3.50. The summed E-state index contributed by atoms with van der Waals surface area (Å²) in [4.78, 5) is 0. The van der Waals surface area contributed by atoms with Crippen LogP contribution < -0.4 is 0 Å². The number of fused-ring (bicyclic) bond motifs is 8. The highest BCUT2D eigenvalue weighted by Crippen LogP contribution is 3.52. The molecule has 18 rings (SSSR count). The Morgan fingerprint density at radius 2 is 1.00 bits per heavy atom. The fourth-order valence-electron chi connectivity index (χ4n) is 28.9. The van der Waals surface area contributed by atoms with Crippen molar-refractivity contribution in [2.24, 2.45) is 136 Å². The van der Waals surface area contributed by atoms with Gasteiger partial charge in [0, 0.05) is 0 Å². The average molecular weight is 387 g/mol. The Morgan fingerprint density at radius 1 is 0.433 bits per heavy atom. The van der Waals surface area contributed by atoms with Gasteiger partial charge in [-0.2, -0.15) is 0 Å². The zero-order valence-corrected chi connectivity index (χ0v) is 17.8. The van der Waals surface area contributed by atoms with E-state index in [1.807, 2.05) is 0 Å². The minimum atomic E-state index is 0.894. The summed E-state index contributed by atoms with van der Waals surface area (Å²) in [5.41, 5.74) is 12.1. The van der Waals surface area contributed by atoms with E-state index >= 15 is 0 Å². The van der Waals surface area contributed by atoms with E-state index in [0.29, 0.717) is 0 Å². The van der Waals surface area contributed by atoms with Gasteiger partial charge in [0.15, 0.2) is 0 Å². The SMILES string of the molecule is CC12C3CC4C5CC6C7C8CC9C%10C%11C%12CC%13C3C13C%13%12C%111C%10%11C89C78C65C5(C)C42C31C58%11. The van der Waals surface area contributed by atoms with Crippen molar-refractivity contribution < 1.29 is 0 Å². The summed E-state index contributed by atoms with van der Waals surface area (Å²) in [5, 5.41) is 0. The summed E-state index contributed by atoms with van der Waals surface area (Å²) in [6.45, 7) is 6.13. The first-order chi connectivity index (χ1) is 14.6. The van der Waals surface area contributed by atoms with Gasteiger partial charge in [-0.05, 0) is 162 Å². The smallest absolute Gasteiger partial charge is 0.00118 e. The van der Waals surface area contributed by atoms with E-state index in [9.17, 15) is 0 Å². The molecule has 0 aromatic rings. The molecule has 18 fully saturated rings. The van der Waals surface area contributed by atoms with E-state index in [1.165, 1.54) is 71.0 Å². The van der Waals surface area contributed by atoms with E-state index in [0.717, 1.165) is 65.0 Å². The Labute approximate surface area is 175 Å². The first-order valence-corrected chi connectivity index (χ1v) is 14.6. The van der Waals surface area contributed by atoms with Crippen molar-refractivity contribution in [3.63, 3.8) is 0 Å². The minimum Gasteiger partial charge on any atom is -0.0582 e. The van der Waals surface area contributed by atoms with E-state index in [-0.39, 0.29) is 0 Å². The second kappa shape index (κ2) is 1.81. The highest BCUT2D eigenvalue weighted by atomic mass is 15.5. The van der Waals surface area contributed by atoms with Crippen molar-refractivity contribution in [3.05, 3.63) is 0 Å². The molecule has 0 amide bonds. The molecule has 18 aliphatic rings. The van der Waals surface area contributed by atoms with E-state index in [1.54, 1.807) is 25.7 Å². The van der Waals surface area contributed by atoms with Gasteiger partial charge in [0.05, 0.1) is 0 Å². The lowest BCUT2D eigenvalue weighted by Crippen LogP contribution is -3.46. The molecular weight excluding hydrogens is 360 g/mol. The molecule has 0 N–H and O–H groups in total. The fourth-order valence-corrected chi connectivity index (χ4v) is 28.9. The van der Waals surface area contributed by atoms with Crippen LogP contribution in [0.1, 0.15) is 39.5 Å². The normalized spacial score (nSPS) is 123. The van der Waals surface area contributed by atoms with Crippen LogP contribution in [0.25, 0.3) is 0 Å². The molecular formula is C30H26. The third-order valence-electron chi connectivity index (χ3n) is 23.7. The standard InChI is InChI=1S/C30H26/c1-19-9-4-8-7-3-10-16-12-6-14-17-18-13-5-11-15(9)25(19)22(11,13)28(18)27(17)23(12,14)26(16)21(7,10)20(2)24(8,19)30(25,28)29(20,26)27/h7-18H,3-6H2,1-2H3. The molecule has 0 bridgehead atoms. The minimum absolute atomic E-state index is 0.894. The van der Waals surface area contributed by atoms with Crippen molar-refractivity contribution in [3.8, 4) is 0 Å². The van der Waals surface area contributed by atoms with Crippen molar-refractivity contribution in [1.29, 1.82) is 0 Å². The summed E-state index contributed by atoms with van der Waals surface area (Å²) in [5.74, 6) is 15.6. The van der Waals surface area contributed by atoms with E-state index in [4.69, 9.17) is 0 Å². The molecule has 0 saturated heterocycles. The first-order valence-electron chi connectivity index (χ1n) is 14.6. The summed E-state index contributed by atoms with van der Waals surface area (Å²) >= 11 is 0. The van der Waals surface area contributed by atoms with Gasteiger partial charge in [-0.1, -0.05) is 13.8 Å². The van der Waals surface area contributed by atoms with Gasteiger partial charge in [-0.15, -0.1) is 0 Å². The summed E-state index contributed by atoms with van der Waals surface area (Å²) in [6, 6.07) is 0. The quantitative estimate of drug-likeness (QED) is 0.589. The molecule has 146 valence electrons. The van der Waals surface area contributed by atoms with Crippen LogP contribution in [0, 0.1) is 136 Å². The molecule has 24 unspecified atom stereocenters. The van der Waals surface area contributed by atoms with Crippen LogP contribution in [-0.4, -0.2) is 0 Å². The van der Waals surface area contributed by atoms with Gasteiger partial charge in [-0.3, -0.25) is 0 Å². The Hall–Kier alpha value is 0. The Kier molecular flexibility index (Phi) is 0.690. The third kappa shape index (κ3) is 0.274. The van der Waals surface area contributed by atoms with Crippen molar-refractivity contribution >= 4 is 0 Å². The first kappa shape index (κ1) is 11.4. The fraction of sp³-hybridized carbons (Fsp3) is 1.00. The Morgan fingerprint density at radius 3 is 1.80 bits per heavy atom. The van der Waals surface area contributed by atoms with Crippen LogP contribution in [0.3, 0.4) is 0 Å². The van der Waals surface area contributed by atoms with Crippen molar-refractivity contribution in [2.75, 3.05) is 0 Å². The van der Waals surface area contributed by atoms with Crippen LogP contribution in [0.2, 0.25) is 0 Å². The molecule has 18 aliphatic carbocycles. The zero-order valence-electron chi connectivity index (χ0n) is 17.8. The summed E-state index contributed by atoms with van der Waals surface area (Å²) < 4.78 is 0. The molecule has 30 heavy (non-hydrogen) atoms. The van der Waals surface area contributed by atoms with Crippen LogP contribution in [-0.2, 0) is 0 Å². The summed E-state index contributed by atoms with van der Waals surface area (Å²) in [6.07, 6.45) is 7.09. The van der Waals surface area contributed by atoms with Crippen LogP contribution in [0.15, 0.2) is 0 Å². The number of hydrogen-bond donors (Lipinski definition) is 0. The zero-order chi connectivity index (χ0) is 17.8. The molecule has 0 radical (unpaired) electrons. The highest BCUT2D eigenvalue weighted by molar-refractivity contribution is 5.95. The Bertz CT molecular complexity index is 1520. The molecule has 0 aromatic carbocycles. The summed E-state index contributed by atoms with van der Waals surface area (Å²) in [7, 11) is 0. The predicted octanol–water partition coefficient (Wildman–Crippen LogP) is 4.06. The molecule has 10 spiro atoms. The van der Waals surface area contributed by atoms with Gasteiger partial charge in [-0.25, -0.2) is 0 Å². The van der Waals surface area contributed by atoms with Gasteiger partial charge in [0.2, 0.25) is 0 Å². The lowest BCUT2D eigenvalue weighted by molar-refractivity contribution is -1.03. The molecule has 18 saturated carbocycles. The largest absolute Gasteiger partial charge is 0.0582 e. The molecule has 0 nitrogen and oxygen atoms in total. The molecule has 0 heteroatoms. The van der Waals surface area contributed by atoms with Crippen molar-refractivity contribution in [1.82, 2.24) is 0 Å². The van der Waals surface area contributed by atoms with Gasteiger partial charge < -0.3 is 0 Å². The molecule has 0 aromatic heterocycles. The number of hydrogen-bond acceptors (Lipinski definition) is 0. The second-order valence-electron chi connectivity index (χ2n) is 18.4. The van der Waals surface area contributed by atoms with Crippen LogP contribution >= 0.6 is 0 Å². The van der Waals surface area contributed by atoms with Gasteiger partial charge in [0.1, 0.15) is 0 Å². The van der Waals surface area contributed by atoms with Crippen molar-refractivity contribution in [2.45, 2.75) is 39.5 Å². The van der Waals surface area contributed by atoms with E-state index in [2.05, 4.69) is 13.8 Å². The third-order valence-corrected chi connectivity index (χ3v) is 23.7. The maximum Gasteiger partial charge on any atom is -0.00118 e. The maximum absolute atomic E-state index is 3.10. The molecule has 24 atom stereocenters. The van der Waals surface area contributed by atoms with E-state index < -0.39 is 0 Å². The number of rotatable bonds is 0. The van der Waals surface area contributed by atoms with Gasteiger partial charge >= 0.3 is 0 Å². The van der Waals surface area contributed by atoms with Gasteiger partial charge in [0.25, 0.3) is 0 Å². The lowest BCUT2D eigenvalue weighted by atomic mass is 8.55. The second-order valence-corrected chi connectivity index (χ2v) is 18.4.